The molecule has 78 valence electrons. The van der Waals surface area contributed by atoms with Crippen LogP contribution in [0.15, 0.2) is 0 Å². The van der Waals surface area contributed by atoms with Gasteiger partial charge in [0.1, 0.15) is 5.01 Å². The molecule has 0 spiro atoms. The van der Waals surface area contributed by atoms with E-state index >= 15 is 0 Å². The third kappa shape index (κ3) is 3.31. The fourth-order valence-electron chi connectivity index (χ4n) is 1.04. The van der Waals surface area contributed by atoms with E-state index in [2.05, 4.69) is 11.9 Å². The quantitative estimate of drug-likeness (QED) is 0.845. The Morgan fingerprint density at radius 2 is 2.36 bits per heavy atom. The van der Waals surface area contributed by atoms with Crippen molar-refractivity contribution < 1.29 is 9.90 Å². The Hall–Kier alpha value is -0.550. The number of aliphatic carboxylic acids is 1. The highest BCUT2D eigenvalue weighted by Gasteiger charge is 2.10. The fraction of sp³-hybridized carbons (Fsp3) is 0.556. The summed E-state index contributed by atoms with van der Waals surface area (Å²) in [4.78, 5) is 15.7. The maximum absolute atomic E-state index is 10.5. The Labute approximate surface area is 91.6 Å². The molecule has 3 nitrogen and oxygen atoms in total. The molecule has 0 amide bonds. The van der Waals surface area contributed by atoms with Crippen molar-refractivity contribution >= 4 is 29.1 Å². The molecule has 0 atom stereocenters. The highest BCUT2D eigenvalue weighted by Crippen LogP contribution is 2.22. The average Bonchev–Trinajstić information content (AvgIpc) is 2.43. The maximum atomic E-state index is 10.5. The Kier molecular flexibility index (Phi) is 4.41. The molecule has 0 unspecified atom stereocenters. The number of nitrogens with zero attached hydrogens (tertiary/aromatic N) is 1. The first kappa shape index (κ1) is 11.5. The van der Waals surface area contributed by atoms with Crippen molar-refractivity contribution in [1.29, 1.82) is 0 Å². The number of thioether (sulfide) groups is 1. The lowest BCUT2D eigenvalue weighted by atomic mass is 10.3. The second kappa shape index (κ2) is 5.36. The average molecular weight is 231 g/mol. The van der Waals surface area contributed by atoms with Crippen molar-refractivity contribution in [2.45, 2.75) is 26.0 Å². The lowest BCUT2D eigenvalue weighted by Crippen LogP contribution is -1.99. The predicted octanol–water partition coefficient (Wildman–Crippen LogP) is 2.33. The second-order valence-electron chi connectivity index (χ2n) is 2.82. The van der Waals surface area contributed by atoms with Gasteiger partial charge in [-0.2, -0.15) is 11.8 Å². The zero-order valence-corrected chi connectivity index (χ0v) is 9.87. The minimum absolute atomic E-state index is 0.0975. The number of carbonyl (C=O) groups is 1. The summed E-state index contributed by atoms with van der Waals surface area (Å²) in [7, 11) is 0. The molecular formula is C9H13NO2S2. The Morgan fingerprint density at radius 3 is 2.93 bits per heavy atom. The van der Waals surface area contributed by atoms with Crippen molar-refractivity contribution in [2.24, 2.45) is 0 Å². The molecule has 0 aromatic carbocycles. The van der Waals surface area contributed by atoms with Crippen LogP contribution in [0.4, 0.5) is 0 Å². The highest BCUT2D eigenvalue weighted by molar-refractivity contribution is 7.98. The maximum Gasteiger partial charge on any atom is 0.308 e. The monoisotopic (exact) mass is 231 g/mol. The Morgan fingerprint density at radius 1 is 1.64 bits per heavy atom. The number of hydrogen-bond acceptors (Lipinski definition) is 4. The first-order chi connectivity index (χ1) is 6.63. The molecule has 1 N–H and O–H groups in total. The molecule has 0 bridgehead atoms. The van der Waals surface area contributed by atoms with Crippen LogP contribution >= 0.6 is 23.1 Å². The number of hydrogen-bond donors (Lipinski definition) is 1. The Bertz CT molecular complexity index is 323. The minimum Gasteiger partial charge on any atom is -0.481 e. The van der Waals surface area contributed by atoms with Gasteiger partial charge in [-0.3, -0.25) is 4.79 Å². The van der Waals surface area contributed by atoms with Gasteiger partial charge in [0.15, 0.2) is 0 Å². The number of rotatable bonds is 5. The van der Waals surface area contributed by atoms with E-state index in [1.807, 2.05) is 6.92 Å². The van der Waals surface area contributed by atoms with Crippen LogP contribution in [0.2, 0.25) is 0 Å². The van der Waals surface area contributed by atoms with E-state index < -0.39 is 5.97 Å². The molecule has 0 aliphatic rings. The number of thiazole rings is 1. The lowest BCUT2D eigenvalue weighted by Gasteiger charge is -1.91. The molecule has 0 saturated carbocycles. The van der Waals surface area contributed by atoms with Crippen LogP contribution in [0.25, 0.3) is 0 Å². The van der Waals surface area contributed by atoms with E-state index in [1.165, 1.54) is 11.3 Å². The molecule has 0 aliphatic heterocycles. The fourth-order valence-corrected chi connectivity index (χ4v) is 2.83. The van der Waals surface area contributed by atoms with Crippen LogP contribution in [0.1, 0.15) is 22.5 Å². The summed E-state index contributed by atoms with van der Waals surface area (Å²) in [6, 6.07) is 0. The number of aromatic nitrogens is 1. The number of carboxylic acids is 1. The first-order valence-electron chi connectivity index (χ1n) is 4.38. The van der Waals surface area contributed by atoms with E-state index in [1.54, 1.807) is 11.8 Å². The summed E-state index contributed by atoms with van der Waals surface area (Å²) in [6.45, 7) is 3.97. The van der Waals surface area contributed by atoms with Gasteiger partial charge in [0.2, 0.25) is 0 Å². The molecular weight excluding hydrogens is 218 g/mol. The van der Waals surface area contributed by atoms with Gasteiger partial charge in [0.05, 0.1) is 12.1 Å². The minimum atomic E-state index is -0.786. The normalized spacial score (nSPS) is 10.4. The predicted molar refractivity (Wildman–Crippen MR) is 60.0 cm³/mol. The smallest absolute Gasteiger partial charge is 0.308 e. The number of carboxylic acid groups (broad SMARTS) is 1. The third-order valence-electron chi connectivity index (χ3n) is 1.68. The molecule has 1 heterocycles. The van der Waals surface area contributed by atoms with Crippen molar-refractivity contribution in [2.75, 3.05) is 5.75 Å². The molecule has 1 rings (SSSR count). The van der Waals surface area contributed by atoms with E-state index in [0.29, 0.717) is 0 Å². The SMILES string of the molecule is CCSCc1nc(C)c(CC(=O)O)s1. The van der Waals surface area contributed by atoms with Crippen LogP contribution < -0.4 is 0 Å². The standard InChI is InChI=1S/C9H13NO2S2/c1-3-13-5-8-10-6(2)7(14-8)4-9(11)12/h3-5H2,1-2H3,(H,11,12). The molecule has 0 saturated heterocycles. The molecule has 1 aromatic rings. The van der Waals surface area contributed by atoms with Gasteiger partial charge in [0.25, 0.3) is 0 Å². The summed E-state index contributed by atoms with van der Waals surface area (Å²) in [5.41, 5.74) is 0.865. The van der Waals surface area contributed by atoms with E-state index in [9.17, 15) is 4.79 Å². The van der Waals surface area contributed by atoms with Crippen LogP contribution in [-0.4, -0.2) is 21.8 Å². The van der Waals surface area contributed by atoms with Gasteiger partial charge in [0, 0.05) is 10.6 Å². The summed E-state index contributed by atoms with van der Waals surface area (Å²) >= 11 is 3.32. The largest absolute Gasteiger partial charge is 0.481 e. The molecule has 0 radical (unpaired) electrons. The van der Waals surface area contributed by atoms with Gasteiger partial charge < -0.3 is 5.11 Å². The van der Waals surface area contributed by atoms with Gasteiger partial charge in [-0.1, -0.05) is 6.92 Å². The van der Waals surface area contributed by atoms with Crippen LogP contribution in [-0.2, 0) is 17.0 Å². The second-order valence-corrected chi connectivity index (χ2v) is 5.27. The highest BCUT2D eigenvalue weighted by atomic mass is 32.2. The lowest BCUT2D eigenvalue weighted by molar-refractivity contribution is -0.136. The zero-order chi connectivity index (χ0) is 10.6. The summed E-state index contributed by atoms with van der Waals surface area (Å²) in [5.74, 6) is 1.17. The third-order valence-corrected chi connectivity index (χ3v) is 3.90. The van der Waals surface area contributed by atoms with Crippen molar-refractivity contribution in [1.82, 2.24) is 4.98 Å². The van der Waals surface area contributed by atoms with Gasteiger partial charge >= 0.3 is 5.97 Å². The summed E-state index contributed by atoms with van der Waals surface area (Å²) < 4.78 is 0. The van der Waals surface area contributed by atoms with Gasteiger partial charge in [-0.15, -0.1) is 11.3 Å². The molecule has 0 aliphatic carbocycles. The van der Waals surface area contributed by atoms with Crippen molar-refractivity contribution in [3.63, 3.8) is 0 Å². The zero-order valence-electron chi connectivity index (χ0n) is 8.24. The van der Waals surface area contributed by atoms with Crippen molar-refractivity contribution in [3.05, 3.63) is 15.6 Å². The molecule has 0 fully saturated rings. The van der Waals surface area contributed by atoms with Crippen LogP contribution in [0.5, 0.6) is 0 Å². The topological polar surface area (TPSA) is 50.2 Å². The Balaban J connectivity index is 2.66. The van der Waals surface area contributed by atoms with Gasteiger partial charge in [-0.25, -0.2) is 4.98 Å². The van der Waals surface area contributed by atoms with E-state index in [0.717, 1.165) is 27.1 Å². The van der Waals surface area contributed by atoms with E-state index in [-0.39, 0.29) is 6.42 Å². The van der Waals surface area contributed by atoms with E-state index in [4.69, 9.17) is 5.11 Å². The first-order valence-corrected chi connectivity index (χ1v) is 6.35. The molecule has 14 heavy (non-hydrogen) atoms. The van der Waals surface area contributed by atoms with Crippen molar-refractivity contribution in [3.8, 4) is 0 Å². The molecule has 1 aromatic heterocycles. The van der Waals surface area contributed by atoms with Gasteiger partial charge in [-0.05, 0) is 12.7 Å². The summed E-state index contributed by atoms with van der Waals surface area (Å²) in [6.07, 6.45) is 0.0975. The molecule has 5 heteroatoms. The number of aryl methyl sites for hydroxylation is 1. The summed E-state index contributed by atoms with van der Waals surface area (Å²) in [5, 5.41) is 9.68. The van der Waals surface area contributed by atoms with Crippen LogP contribution in [0.3, 0.4) is 0 Å². The van der Waals surface area contributed by atoms with Crippen LogP contribution in [0, 0.1) is 6.92 Å².